The van der Waals surface area contributed by atoms with Gasteiger partial charge in [0.2, 0.25) is 5.88 Å². The van der Waals surface area contributed by atoms with Crippen molar-refractivity contribution >= 4 is 28.2 Å². The third-order valence-corrected chi connectivity index (χ3v) is 4.50. The number of hydrogen-bond donors (Lipinski definition) is 1. The second-order valence-electron chi connectivity index (χ2n) is 4.98. The monoisotopic (exact) mass is 348 g/mol. The normalized spacial score (nSPS) is 10.3. The number of rotatable bonds is 6. The molecule has 2 aromatic rings. The molecule has 0 aliphatic carbocycles. The molecule has 0 saturated carbocycles. The minimum Gasteiger partial charge on any atom is -0.478 e. The lowest BCUT2D eigenvalue weighted by Gasteiger charge is -2.08. The Labute approximate surface area is 144 Å². The van der Waals surface area contributed by atoms with Crippen molar-refractivity contribution in [1.82, 2.24) is 4.98 Å². The molecule has 0 atom stereocenters. The van der Waals surface area contributed by atoms with Crippen molar-refractivity contribution in [3.8, 4) is 5.88 Å². The van der Waals surface area contributed by atoms with Gasteiger partial charge in [-0.15, -0.1) is 11.3 Å². The average molecular weight is 348 g/mol. The summed E-state index contributed by atoms with van der Waals surface area (Å²) >= 11 is 1.35. The largest absolute Gasteiger partial charge is 0.478 e. The minimum atomic E-state index is -0.431. The highest BCUT2D eigenvalue weighted by Gasteiger charge is 2.22. The van der Waals surface area contributed by atoms with E-state index in [1.54, 1.807) is 19.1 Å². The van der Waals surface area contributed by atoms with Crippen molar-refractivity contribution in [2.24, 2.45) is 0 Å². The van der Waals surface area contributed by atoms with E-state index in [0.29, 0.717) is 28.6 Å². The highest BCUT2D eigenvalue weighted by molar-refractivity contribution is 7.16. The average Bonchev–Trinajstić information content (AvgIpc) is 2.82. The van der Waals surface area contributed by atoms with Crippen LogP contribution in [0.5, 0.6) is 5.88 Å². The molecule has 0 fully saturated rings. The minimum absolute atomic E-state index is 0.280. The first-order chi connectivity index (χ1) is 11.5. The van der Waals surface area contributed by atoms with Gasteiger partial charge in [-0.1, -0.05) is 0 Å². The number of carbonyl (C=O) groups is 2. The first-order valence-corrected chi connectivity index (χ1v) is 8.46. The molecule has 2 aromatic heterocycles. The van der Waals surface area contributed by atoms with Gasteiger partial charge in [0, 0.05) is 22.7 Å². The molecule has 0 unspecified atom stereocenters. The summed E-state index contributed by atoms with van der Waals surface area (Å²) in [5, 5.41) is 3.28. The van der Waals surface area contributed by atoms with Crippen molar-refractivity contribution < 1.29 is 19.1 Å². The predicted molar refractivity (Wildman–Crippen MR) is 93.1 cm³/mol. The first-order valence-electron chi connectivity index (χ1n) is 7.65. The van der Waals surface area contributed by atoms with E-state index >= 15 is 0 Å². The fraction of sp³-hybridized carbons (Fsp3) is 0.353. The molecule has 0 aliphatic heterocycles. The molecule has 128 valence electrons. The summed E-state index contributed by atoms with van der Waals surface area (Å²) in [6.45, 7) is 8.08. The molecule has 0 aromatic carbocycles. The topological polar surface area (TPSA) is 77.5 Å². The molecule has 1 amide bonds. The van der Waals surface area contributed by atoms with Crippen LogP contribution in [-0.2, 0) is 4.74 Å². The van der Waals surface area contributed by atoms with Gasteiger partial charge in [-0.2, -0.15) is 0 Å². The number of anilines is 1. The Morgan fingerprint density at radius 2 is 2.00 bits per heavy atom. The molecule has 6 nitrogen and oxygen atoms in total. The third-order valence-electron chi connectivity index (χ3n) is 3.38. The molecule has 1 N–H and O–H groups in total. The van der Waals surface area contributed by atoms with Crippen LogP contribution in [0.2, 0.25) is 0 Å². The predicted octanol–water partition coefficient (Wildman–Crippen LogP) is 3.59. The van der Waals surface area contributed by atoms with E-state index in [2.05, 4.69) is 10.3 Å². The number of nitrogens with one attached hydrogen (secondary N) is 1. The Kier molecular flexibility index (Phi) is 5.92. The summed E-state index contributed by atoms with van der Waals surface area (Å²) in [7, 11) is 0. The molecule has 0 aliphatic rings. The lowest BCUT2D eigenvalue weighted by atomic mass is 10.1. The van der Waals surface area contributed by atoms with Crippen LogP contribution in [0.1, 0.15) is 45.0 Å². The van der Waals surface area contributed by atoms with E-state index in [1.165, 1.54) is 17.5 Å². The van der Waals surface area contributed by atoms with Crippen molar-refractivity contribution in [2.75, 3.05) is 18.5 Å². The van der Waals surface area contributed by atoms with E-state index in [4.69, 9.17) is 9.47 Å². The van der Waals surface area contributed by atoms with Gasteiger partial charge in [-0.25, -0.2) is 9.78 Å². The number of aromatic nitrogens is 1. The Morgan fingerprint density at radius 3 is 2.67 bits per heavy atom. The molecule has 0 radical (unpaired) electrons. The SMILES string of the molecule is CCOC(=O)c1c(NC(=O)c2ccnc(OCC)c2)sc(C)c1C. The van der Waals surface area contributed by atoms with Crippen LogP contribution in [0.3, 0.4) is 0 Å². The Bertz CT molecular complexity index is 755. The molecule has 2 rings (SSSR count). The summed E-state index contributed by atoms with van der Waals surface area (Å²) in [6, 6.07) is 3.16. The second-order valence-corrected chi connectivity index (χ2v) is 6.20. The number of amides is 1. The van der Waals surface area contributed by atoms with Gasteiger partial charge in [0.05, 0.1) is 18.8 Å². The van der Waals surface area contributed by atoms with Crippen LogP contribution in [0.25, 0.3) is 0 Å². The van der Waals surface area contributed by atoms with E-state index < -0.39 is 5.97 Å². The van der Waals surface area contributed by atoms with E-state index in [0.717, 1.165) is 10.4 Å². The molecule has 0 saturated heterocycles. The zero-order chi connectivity index (χ0) is 17.7. The van der Waals surface area contributed by atoms with E-state index in [9.17, 15) is 9.59 Å². The van der Waals surface area contributed by atoms with Crippen molar-refractivity contribution in [3.05, 3.63) is 39.9 Å². The van der Waals surface area contributed by atoms with Crippen LogP contribution in [0.4, 0.5) is 5.00 Å². The van der Waals surface area contributed by atoms with Crippen molar-refractivity contribution in [2.45, 2.75) is 27.7 Å². The lowest BCUT2D eigenvalue weighted by Crippen LogP contribution is -2.15. The summed E-state index contributed by atoms with van der Waals surface area (Å²) < 4.78 is 10.4. The zero-order valence-electron chi connectivity index (χ0n) is 14.1. The maximum Gasteiger partial charge on any atom is 0.341 e. The number of thiophene rings is 1. The molecule has 0 bridgehead atoms. The number of hydrogen-bond acceptors (Lipinski definition) is 6. The van der Waals surface area contributed by atoms with Gasteiger partial charge in [0.15, 0.2) is 0 Å². The van der Waals surface area contributed by atoms with Crippen molar-refractivity contribution in [1.29, 1.82) is 0 Å². The number of esters is 1. The smallest absolute Gasteiger partial charge is 0.341 e. The van der Waals surface area contributed by atoms with Crippen molar-refractivity contribution in [3.63, 3.8) is 0 Å². The van der Waals surface area contributed by atoms with E-state index in [-0.39, 0.29) is 12.5 Å². The molecule has 7 heteroatoms. The molecule has 2 heterocycles. The van der Waals surface area contributed by atoms with Crippen LogP contribution in [0, 0.1) is 13.8 Å². The van der Waals surface area contributed by atoms with Gasteiger partial charge < -0.3 is 14.8 Å². The third kappa shape index (κ3) is 3.91. The summed E-state index contributed by atoms with van der Waals surface area (Å²) in [5.41, 5.74) is 1.64. The fourth-order valence-electron chi connectivity index (χ4n) is 2.12. The standard InChI is InChI=1S/C17H20N2O4S/c1-5-22-13-9-12(7-8-18-13)15(20)19-16-14(17(21)23-6-2)10(3)11(4)24-16/h7-9H,5-6H2,1-4H3,(H,19,20). The zero-order valence-corrected chi connectivity index (χ0v) is 15.0. The van der Waals surface area contributed by atoms with Gasteiger partial charge in [0.1, 0.15) is 5.00 Å². The number of aryl methyl sites for hydroxylation is 1. The van der Waals surface area contributed by atoms with Gasteiger partial charge >= 0.3 is 5.97 Å². The quantitative estimate of drug-likeness (QED) is 0.807. The number of ether oxygens (including phenoxy) is 2. The number of carbonyl (C=O) groups excluding carboxylic acids is 2. The Balaban J connectivity index is 2.27. The highest BCUT2D eigenvalue weighted by Crippen LogP contribution is 2.33. The molecular formula is C17H20N2O4S. The number of pyridine rings is 1. The highest BCUT2D eigenvalue weighted by atomic mass is 32.1. The van der Waals surface area contributed by atoms with Crippen LogP contribution >= 0.6 is 11.3 Å². The lowest BCUT2D eigenvalue weighted by molar-refractivity contribution is 0.0527. The van der Waals surface area contributed by atoms with Gasteiger partial charge in [0.25, 0.3) is 5.91 Å². The van der Waals surface area contributed by atoms with E-state index in [1.807, 2.05) is 20.8 Å². The first kappa shape index (κ1) is 17.9. The van der Waals surface area contributed by atoms with Gasteiger partial charge in [-0.3, -0.25) is 4.79 Å². The maximum atomic E-state index is 12.5. The maximum absolute atomic E-state index is 12.5. The van der Waals surface area contributed by atoms with Crippen LogP contribution in [-0.4, -0.2) is 30.1 Å². The summed E-state index contributed by atoms with van der Waals surface area (Å²) in [5.74, 6) is -0.376. The molecule has 24 heavy (non-hydrogen) atoms. The Hall–Kier alpha value is -2.41. The van der Waals surface area contributed by atoms with Crippen LogP contribution < -0.4 is 10.1 Å². The number of nitrogens with zero attached hydrogens (tertiary/aromatic N) is 1. The second kappa shape index (κ2) is 7.92. The fourth-order valence-corrected chi connectivity index (χ4v) is 3.16. The molecule has 0 spiro atoms. The van der Waals surface area contributed by atoms with Crippen LogP contribution in [0.15, 0.2) is 18.3 Å². The molecular weight excluding hydrogens is 328 g/mol. The summed E-state index contributed by atoms with van der Waals surface area (Å²) in [4.78, 5) is 29.6. The van der Waals surface area contributed by atoms with Gasteiger partial charge in [-0.05, 0) is 39.3 Å². The summed E-state index contributed by atoms with van der Waals surface area (Å²) in [6.07, 6.45) is 1.51. The Morgan fingerprint density at radius 1 is 1.25 bits per heavy atom.